The molecule has 0 bridgehead atoms. The Morgan fingerprint density at radius 1 is 1.04 bits per heavy atom. The molecule has 1 aromatic carbocycles. The zero-order chi connectivity index (χ0) is 16.0. The Balaban J connectivity index is 1.90. The van der Waals surface area contributed by atoms with Crippen molar-refractivity contribution in [2.75, 3.05) is 13.1 Å². The van der Waals surface area contributed by atoms with E-state index in [4.69, 9.17) is 16.6 Å². The molecule has 0 saturated heterocycles. The van der Waals surface area contributed by atoms with Crippen molar-refractivity contribution in [3.05, 3.63) is 69.3 Å². The summed E-state index contributed by atoms with van der Waals surface area (Å²) >= 11 is 6.00. The van der Waals surface area contributed by atoms with E-state index in [9.17, 15) is 4.79 Å². The highest BCUT2D eigenvalue weighted by Gasteiger charge is 2.29. The minimum atomic E-state index is 0.132. The zero-order valence-electron chi connectivity index (χ0n) is 12.8. The summed E-state index contributed by atoms with van der Waals surface area (Å²) in [5.74, 6) is 0.132. The highest BCUT2D eigenvalue weighted by Crippen LogP contribution is 2.34. The van der Waals surface area contributed by atoms with E-state index in [1.54, 1.807) is 6.08 Å². The molecule has 1 aromatic rings. The number of carbonyl (C=O) groups excluding carboxylic acids is 1. The number of rotatable bonds is 1. The molecule has 23 heavy (non-hydrogen) atoms. The first kappa shape index (κ1) is 14.3. The molecule has 114 valence electrons. The van der Waals surface area contributed by atoms with Crippen molar-refractivity contribution in [2.24, 2.45) is 9.98 Å². The largest absolute Gasteiger partial charge is 0.294 e. The summed E-state index contributed by atoms with van der Waals surface area (Å²) in [5.41, 5.74) is 7.43. The Morgan fingerprint density at radius 2 is 1.78 bits per heavy atom. The Morgan fingerprint density at radius 3 is 2.57 bits per heavy atom. The molecule has 0 spiro atoms. The highest BCUT2D eigenvalue weighted by molar-refractivity contribution is 6.30. The molecule has 4 heteroatoms. The molecule has 0 radical (unpaired) electrons. The van der Waals surface area contributed by atoms with Gasteiger partial charge < -0.3 is 0 Å². The number of fused-ring (bicyclic) bond motifs is 1. The number of halogens is 1. The van der Waals surface area contributed by atoms with E-state index in [2.05, 4.69) is 4.99 Å². The van der Waals surface area contributed by atoms with Crippen LogP contribution in [0.4, 0.5) is 0 Å². The van der Waals surface area contributed by atoms with Crippen LogP contribution in [0.25, 0.3) is 0 Å². The second-order valence-electron chi connectivity index (χ2n) is 5.92. The molecule has 0 N–H and O–H groups in total. The molecule has 4 rings (SSSR count). The Labute approximate surface area is 139 Å². The minimum Gasteiger partial charge on any atom is -0.294 e. The van der Waals surface area contributed by atoms with Crippen LogP contribution in [0.5, 0.6) is 0 Å². The molecule has 3 aliphatic rings. The molecule has 0 amide bonds. The van der Waals surface area contributed by atoms with Crippen LogP contribution in [0.15, 0.2) is 68.7 Å². The van der Waals surface area contributed by atoms with Crippen LogP contribution in [0, 0.1) is 0 Å². The number of allylic oxidation sites excluding steroid dienone is 5. The van der Waals surface area contributed by atoms with Crippen LogP contribution in [0.3, 0.4) is 0 Å². The molecule has 0 atom stereocenters. The summed E-state index contributed by atoms with van der Waals surface area (Å²) in [4.78, 5) is 21.3. The Bertz CT molecular complexity index is 867. The fraction of sp³-hybridized carbons (Fsp3) is 0.211. The number of benzene rings is 1. The van der Waals surface area contributed by atoms with Gasteiger partial charge in [0.25, 0.3) is 0 Å². The van der Waals surface area contributed by atoms with E-state index >= 15 is 0 Å². The molecule has 1 aliphatic carbocycles. The average Bonchev–Trinajstić information content (AvgIpc) is 2.82. The number of carbonyl (C=O) groups is 1. The monoisotopic (exact) mass is 322 g/mol. The molecule has 0 saturated carbocycles. The van der Waals surface area contributed by atoms with Gasteiger partial charge in [0.05, 0.1) is 18.8 Å². The summed E-state index contributed by atoms with van der Waals surface area (Å²) in [7, 11) is 0. The third kappa shape index (κ3) is 2.41. The summed E-state index contributed by atoms with van der Waals surface area (Å²) in [5, 5.41) is 0.704. The van der Waals surface area contributed by atoms with Gasteiger partial charge in [0.2, 0.25) is 0 Å². The van der Waals surface area contributed by atoms with Crippen LogP contribution in [0.1, 0.15) is 18.9 Å². The topological polar surface area (TPSA) is 41.8 Å². The van der Waals surface area contributed by atoms with E-state index < -0.39 is 0 Å². The van der Waals surface area contributed by atoms with Crippen molar-refractivity contribution < 1.29 is 4.79 Å². The van der Waals surface area contributed by atoms with E-state index in [1.165, 1.54) is 5.57 Å². The van der Waals surface area contributed by atoms with Gasteiger partial charge in [0.15, 0.2) is 5.78 Å². The molecular weight excluding hydrogens is 308 g/mol. The molecule has 0 fully saturated rings. The number of hydrogen-bond donors (Lipinski definition) is 0. The lowest BCUT2D eigenvalue weighted by atomic mass is 9.85. The molecule has 2 aliphatic heterocycles. The Kier molecular flexibility index (Phi) is 3.38. The summed E-state index contributed by atoms with van der Waals surface area (Å²) < 4.78 is 0. The quantitative estimate of drug-likeness (QED) is 0.776. The number of aliphatic imine (C=N–C) groups is 2. The van der Waals surface area contributed by atoms with Crippen LogP contribution < -0.4 is 0 Å². The van der Waals surface area contributed by atoms with Crippen molar-refractivity contribution in [1.29, 1.82) is 0 Å². The van der Waals surface area contributed by atoms with Crippen LogP contribution >= 0.6 is 11.6 Å². The van der Waals surface area contributed by atoms with Crippen molar-refractivity contribution in [1.82, 2.24) is 0 Å². The first-order valence-electron chi connectivity index (χ1n) is 7.62. The number of nitrogens with zero attached hydrogens (tertiary/aromatic N) is 2. The van der Waals surface area contributed by atoms with E-state index in [0.29, 0.717) is 24.5 Å². The normalized spacial score (nSPS) is 20.2. The van der Waals surface area contributed by atoms with Gasteiger partial charge in [0, 0.05) is 33.9 Å². The fourth-order valence-corrected chi connectivity index (χ4v) is 3.48. The van der Waals surface area contributed by atoms with Gasteiger partial charge in [-0.3, -0.25) is 14.8 Å². The van der Waals surface area contributed by atoms with E-state index in [0.717, 1.165) is 33.7 Å². The molecule has 0 aromatic heterocycles. The lowest BCUT2D eigenvalue weighted by Gasteiger charge is -2.18. The molecule has 0 unspecified atom stereocenters. The maximum Gasteiger partial charge on any atom is 0.160 e. The predicted octanol–water partition coefficient (Wildman–Crippen LogP) is 3.74. The standard InChI is InChI=1S/C19H15ClN2O/c1-11-18-13(9-21-11)10-22-19(12-2-4-14(20)5-3-12)16-7-6-15(23)8-17(16)18/h2-7H,8-10H2,1H3. The van der Waals surface area contributed by atoms with Gasteiger partial charge in [-0.15, -0.1) is 0 Å². The smallest absolute Gasteiger partial charge is 0.160 e. The van der Waals surface area contributed by atoms with E-state index in [1.807, 2.05) is 37.3 Å². The number of ketones is 1. The lowest BCUT2D eigenvalue weighted by molar-refractivity contribution is -0.114. The van der Waals surface area contributed by atoms with Crippen LogP contribution in [-0.2, 0) is 4.79 Å². The maximum atomic E-state index is 12.0. The molecule has 2 heterocycles. The lowest BCUT2D eigenvalue weighted by Crippen LogP contribution is -2.14. The maximum absolute atomic E-state index is 12.0. The van der Waals surface area contributed by atoms with Crippen molar-refractivity contribution >= 4 is 28.8 Å². The van der Waals surface area contributed by atoms with Crippen LogP contribution in [0.2, 0.25) is 5.02 Å². The molecular formula is C19H15ClN2O. The van der Waals surface area contributed by atoms with Gasteiger partial charge in [0.1, 0.15) is 0 Å². The SMILES string of the molecule is CC1=NCC2=C1C1=C(C=CC(=O)C1)C(c1ccc(Cl)cc1)=NC2. The third-order valence-corrected chi connectivity index (χ3v) is 4.69. The summed E-state index contributed by atoms with van der Waals surface area (Å²) in [6.07, 6.45) is 3.97. The van der Waals surface area contributed by atoms with Crippen molar-refractivity contribution in [3.63, 3.8) is 0 Å². The Hall–Kier alpha value is -2.26. The van der Waals surface area contributed by atoms with Gasteiger partial charge >= 0.3 is 0 Å². The fourth-order valence-electron chi connectivity index (χ4n) is 3.35. The average molecular weight is 323 g/mol. The van der Waals surface area contributed by atoms with Gasteiger partial charge in [-0.1, -0.05) is 23.7 Å². The predicted molar refractivity (Wildman–Crippen MR) is 93.6 cm³/mol. The first-order chi connectivity index (χ1) is 11.1. The highest BCUT2D eigenvalue weighted by atomic mass is 35.5. The third-order valence-electron chi connectivity index (χ3n) is 4.44. The van der Waals surface area contributed by atoms with Crippen LogP contribution in [-0.4, -0.2) is 30.3 Å². The van der Waals surface area contributed by atoms with Gasteiger partial charge in [-0.25, -0.2) is 0 Å². The van der Waals surface area contributed by atoms with Crippen molar-refractivity contribution in [2.45, 2.75) is 13.3 Å². The van der Waals surface area contributed by atoms with E-state index in [-0.39, 0.29) is 5.78 Å². The molecule has 3 nitrogen and oxygen atoms in total. The van der Waals surface area contributed by atoms with Crippen molar-refractivity contribution in [3.8, 4) is 0 Å². The zero-order valence-corrected chi connectivity index (χ0v) is 13.5. The first-order valence-corrected chi connectivity index (χ1v) is 8.00. The minimum absolute atomic E-state index is 0.132. The second-order valence-corrected chi connectivity index (χ2v) is 6.36. The second kappa shape index (κ2) is 5.43. The number of hydrogen-bond acceptors (Lipinski definition) is 3. The summed E-state index contributed by atoms with van der Waals surface area (Å²) in [6.45, 7) is 3.33. The summed E-state index contributed by atoms with van der Waals surface area (Å²) in [6, 6.07) is 7.70. The van der Waals surface area contributed by atoms with Gasteiger partial charge in [-0.05, 0) is 42.4 Å². The van der Waals surface area contributed by atoms with Gasteiger partial charge in [-0.2, -0.15) is 0 Å².